The van der Waals surface area contributed by atoms with E-state index in [1.54, 1.807) is 0 Å². The van der Waals surface area contributed by atoms with Gasteiger partial charge in [0.25, 0.3) is 0 Å². The summed E-state index contributed by atoms with van der Waals surface area (Å²) in [7, 11) is 0. The van der Waals surface area contributed by atoms with Crippen molar-refractivity contribution in [2.75, 3.05) is 45.9 Å². The van der Waals surface area contributed by atoms with Crippen molar-refractivity contribution in [1.29, 1.82) is 0 Å². The number of nitrogens with zero attached hydrogens (tertiary/aromatic N) is 3. The smallest absolute Gasteiger partial charge is 0.213 e. The molecule has 1 aliphatic rings. The van der Waals surface area contributed by atoms with Crippen LogP contribution in [-0.4, -0.2) is 72.2 Å². The fourth-order valence-electron chi connectivity index (χ4n) is 1.92. The molecule has 0 aliphatic carbocycles. The molecule has 7 heteroatoms. The first-order valence-corrected chi connectivity index (χ1v) is 6.29. The maximum Gasteiger partial charge on any atom is 0.213 e. The highest BCUT2D eigenvalue weighted by molar-refractivity contribution is 4.79. The number of ether oxygens (including phenoxy) is 1. The molecule has 1 atom stereocenters. The molecule has 102 valence electrons. The van der Waals surface area contributed by atoms with Gasteiger partial charge >= 0.3 is 0 Å². The van der Waals surface area contributed by atoms with E-state index >= 15 is 0 Å². The van der Waals surface area contributed by atoms with Gasteiger partial charge in [-0.2, -0.15) is 4.98 Å². The van der Waals surface area contributed by atoms with E-state index in [2.05, 4.69) is 24.9 Å². The van der Waals surface area contributed by atoms with Crippen LogP contribution in [0.1, 0.15) is 5.82 Å². The van der Waals surface area contributed by atoms with Crippen LogP contribution in [0.4, 0.5) is 0 Å². The summed E-state index contributed by atoms with van der Waals surface area (Å²) in [4.78, 5) is 6.14. The molecule has 1 aliphatic heterocycles. The van der Waals surface area contributed by atoms with Crippen molar-refractivity contribution in [3.05, 3.63) is 12.2 Å². The van der Waals surface area contributed by atoms with Crippen molar-refractivity contribution in [3.8, 4) is 0 Å². The maximum atomic E-state index is 9.86. The topological polar surface area (TPSA) is 83.7 Å². The van der Waals surface area contributed by atoms with Gasteiger partial charge in [-0.15, -0.1) is 0 Å². The van der Waals surface area contributed by atoms with E-state index in [-0.39, 0.29) is 6.10 Å². The van der Waals surface area contributed by atoms with Crippen LogP contribution in [0, 0.1) is 0 Å². The monoisotopic (exact) mass is 256 g/mol. The zero-order valence-corrected chi connectivity index (χ0v) is 10.4. The third kappa shape index (κ3) is 4.69. The van der Waals surface area contributed by atoms with Gasteiger partial charge in [0.05, 0.1) is 19.3 Å². The summed E-state index contributed by atoms with van der Waals surface area (Å²) in [5, 5.41) is 16.8. The van der Waals surface area contributed by atoms with Crippen molar-refractivity contribution >= 4 is 0 Å². The van der Waals surface area contributed by atoms with Crippen molar-refractivity contribution in [3.63, 3.8) is 0 Å². The predicted octanol–water partition coefficient (Wildman–Crippen LogP) is -1.11. The minimum absolute atomic E-state index is 0.353. The first-order chi connectivity index (χ1) is 8.84. The summed E-state index contributed by atoms with van der Waals surface area (Å²) in [5.74, 6) is 0.685. The highest BCUT2D eigenvalue weighted by atomic mass is 16.5. The molecule has 1 unspecified atom stereocenters. The molecular weight excluding hydrogens is 236 g/mol. The maximum absolute atomic E-state index is 9.86. The Morgan fingerprint density at radius 2 is 2.28 bits per heavy atom. The predicted molar refractivity (Wildman–Crippen MR) is 64.1 cm³/mol. The fraction of sp³-hybridized carbons (Fsp3) is 0.818. The van der Waals surface area contributed by atoms with Crippen LogP contribution in [0.2, 0.25) is 0 Å². The van der Waals surface area contributed by atoms with Crippen LogP contribution in [-0.2, 0) is 11.2 Å². The van der Waals surface area contributed by atoms with E-state index in [1.807, 2.05) is 0 Å². The van der Waals surface area contributed by atoms with Crippen LogP contribution >= 0.6 is 0 Å². The van der Waals surface area contributed by atoms with Crippen molar-refractivity contribution in [2.24, 2.45) is 0 Å². The van der Waals surface area contributed by atoms with E-state index in [0.29, 0.717) is 25.3 Å². The molecular formula is C11H20N4O3. The molecule has 1 aromatic rings. The number of morpholine rings is 1. The number of hydrogen-bond acceptors (Lipinski definition) is 7. The first kappa shape index (κ1) is 13.4. The Kier molecular flexibility index (Phi) is 5.53. The largest absolute Gasteiger partial charge is 0.390 e. The second-order valence-corrected chi connectivity index (χ2v) is 4.37. The van der Waals surface area contributed by atoms with Crippen LogP contribution in [0.5, 0.6) is 0 Å². The molecule has 7 nitrogen and oxygen atoms in total. The quantitative estimate of drug-likeness (QED) is 0.599. The molecule has 18 heavy (non-hydrogen) atoms. The van der Waals surface area contributed by atoms with E-state index in [4.69, 9.17) is 4.74 Å². The zero-order valence-electron chi connectivity index (χ0n) is 10.4. The summed E-state index contributed by atoms with van der Waals surface area (Å²) in [6.45, 7) is 5.34. The summed E-state index contributed by atoms with van der Waals surface area (Å²) >= 11 is 0. The van der Waals surface area contributed by atoms with Gasteiger partial charge in [0, 0.05) is 39.1 Å². The van der Waals surface area contributed by atoms with Crippen LogP contribution in [0.15, 0.2) is 10.9 Å². The first-order valence-electron chi connectivity index (χ1n) is 6.29. The van der Waals surface area contributed by atoms with Crippen molar-refractivity contribution in [1.82, 2.24) is 20.4 Å². The fourth-order valence-corrected chi connectivity index (χ4v) is 1.92. The Balaban J connectivity index is 1.52. The van der Waals surface area contributed by atoms with Gasteiger partial charge < -0.3 is 19.7 Å². The summed E-state index contributed by atoms with van der Waals surface area (Å²) < 4.78 is 9.90. The summed E-state index contributed by atoms with van der Waals surface area (Å²) in [5.41, 5.74) is 0. The third-order valence-electron chi connectivity index (χ3n) is 2.88. The Hall–Kier alpha value is -1.02. The van der Waals surface area contributed by atoms with Crippen molar-refractivity contribution < 1.29 is 14.4 Å². The van der Waals surface area contributed by atoms with Gasteiger partial charge in [-0.25, -0.2) is 0 Å². The van der Waals surface area contributed by atoms with Gasteiger partial charge in [0.2, 0.25) is 6.39 Å². The second kappa shape index (κ2) is 7.42. The SMILES string of the molecule is OC(CNCCc1ncon1)CN1CCOCC1. The summed E-state index contributed by atoms with van der Waals surface area (Å²) in [6.07, 6.45) is 1.68. The number of nitrogens with one attached hydrogen (secondary N) is 1. The second-order valence-electron chi connectivity index (χ2n) is 4.37. The van der Waals surface area contributed by atoms with Crippen molar-refractivity contribution in [2.45, 2.75) is 12.5 Å². The molecule has 1 aromatic heterocycles. The van der Waals surface area contributed by atoms with E-state index in [1.165, 1.54) is 6.39 Å². The number of aliphatic hydroxyl groups excluding tert-OH is 1. The van der Waals surface area contributed by atoms with E-state index < -0.39 is 0 Å². The highest BCUT2D eigenvalue weighted by Crippen LogP contribution is 1.98. The number of aliphatic hydroxyl groups is 1. The molecule has 2 rings (SSSR count). The molecule has 2 heterocycles. The van der Waals surface area contributed by atoms with E-state index in [9.17, 15) is 5.11 Å². The van der Waals surface area contributed by atoms with Gasteiger partial charge in [-0.05, 0) is 0 Å². The number of hydrogen-bond donors (Lipinski definition) is 2. The average Bonchev–Trinajstić information content (AvgIpc) is 2.89. The number of rotatable bonds is 7. The van der Waals surface area contributed by atoms with E-state index in [0.717, 1.165) is 32.8 Å². The Bertz CT molecular complexity index is 314. The highest BCUT2D eigenvalue weighted by Gasteiger charge is 2.14. The molecule has 1 saturated heterocycles. The molecule has 0 amide bonds. The lowest BCUT2D eigenvalue weighted by Crippen LogP contribution is -2.43. The molecule has 0 bridgehead atoms. The molecule has 0 spiro atoms. The normalized spacial score (nSPS) is 18.9. The standard InChI is InChI=1S/C11H20N4O3/c16-10(8-15-3-5-17-6-4-15)7-12-2-1-11-13-9-18-14-11/h9-10,12,16H,1-8H2. The molecule has 2 N–H and O–H groups in total. The van der Waals surface area contributed by atoms with Crippen LogP contribution < -0.4 is 5.32 Å². The number of aromatic nitrogens is 2. The lowest BCUT2D eigenvalue weighted by Gasteiger charge is -2.28. The zero-order chi connectivity index (χ0) is 12.6. The average molecular weight is 256 g/mol. The minimum atomic E-state index is -0.353. The molecule has 1 fully saturated rings. The van der Waals surface area contributed by atoms with Crippen LogP contribution in [0.25, 0.3) is 0 Å². The minimum Gasteiger partial charge on any atom is -0.390 e. The molecule has 0 aromatic carbocycles. The Morgan fingerprint density at radius 3 is 3.00 bits per heavy atom. The lowest BCUT2D eigenvalue weighted by atomic mass is 10.3. The Morgan fingerprint density at radius 1 is 1.44 bits per heavy atom. The molecule has 0 saturated carbocycles. The number of β-amino-alcohol motifs (C(OH)–C–C–N with tert-alkyl or cyclic N) is 1. The van der Waals surface area contributed by atoms with Gasteiger partial charge in [0.1, 0.15) is 0 Å². The summed E-state index contributed by atoms with van der Waals surface area (Å²) in [6, 6.07) is 0. The van der Waals surface area contributed by atoms with Gasteiger partial charge in [-0.1, -0.05) is 5.16 Å². The third-order valence-corrected chi connectivity index (χ3v) is 2.88. The van der Waals surface area contributed by atoms with Gasteiger partial charge in [-0.3, -0.25) is 4.90 Å². The van der Waals surface area contributed by atoms with Gasteiger partial charge in [0.15, 0.2) is 5.82 Å². The van der Waals surface area contributed by atoms with Crippen LogP contribution in [0.3, 0.4) is 0 Å². The Labute approximate surface area is 106 Å². The lowest BCUT2D eigenvalue weighted by molar-refractivity contribution is 0.0150. The molecule has 0 radical (unpaired) electrons.